The average molecular weight is 280 g/mol. The molecule has 0 radical (unpaired) electrons. The number of anilines is 1. The van der Waals surface area contributed by atoms with Crippen LogP contribution < -0.4 is 10.6 Å². The summed E-state index contributed by atoms with van der Waals surface area (Å²) < 4.78 is 0. The maximum Gasteiger partial charge on any atom is 0.251 e. The van der Waals surface area contributed by atoms with Crippen LogP contribution in [0.5, 0.6) is 0 Å². The van der Waals surface area contributed by atoms with Crippen LogP contribution in [-0.4, -0.2) is 30.5 Å². The molecule has 0 spiro atoms. The van der Waals surface area contributed by atoms with E-state index in [1.54, 1.807) is 11.8 Å². The van der Waals surface area contributed by atoms with Crippen LogP contribution in [0.2, 0.25) is 0 Å². The Morgan fingerprint density at radius 2 is 2.00 bits per heavy atom. The zero-order chi connectivity index (χ0) is 14.1. The lowest BCUT2D eigenvalue weighted by atomic mass is 10.1. The molecule has 1 atom stereocenters. The number of nitrogens with one attached hydrogen (secondary N) is 2. The topological polar surface area (TPSA) is 41.1 Å². The number of hydrogen-bond donors (Lipinski definition) is 2. The van der Waals surface area contributed by atoms with Crippen molar-refractivity contribution in [2.24, 2.45) is 0 Å². The molecule has 0 fully saturated rings. The maximum absolute atomic E-state index is 12.0. The third kappa shape index (κ3) is 6.01. The van der Waals surface area contributed by atoms with Crippen LogP contribution in [-0.2, 0) is 0 Å². The zero-order valence-corrected chi connectivity index (χ0v) is 12.8. The molecule has 0 aliphatic heterocycles. The van der Waals surface area contributed by atoms with Gasteiger partial charge in [0.15, 0.2) is 0 Å². The fourth-order valence-corrected chi connectivity index (χ4v) is 2.27. The van der Waals surface area contributed by atoms with Gasteiger partial charge in [0.1, 0.15) is 0 Å². The summed E-state index contributed by atoms with van der Waals surface area (Å²) >= 11 is 1.80. The summed E-state index contributed by atoms with van der Waals surface area (Å²) in [6.07, 6.45) is 4.18. The van der Waals surface area contributed by atoms with Gasteiger partial charge in [0, 0.05) is 23.8 Å². The minimum atomic E-state index is 0.00986. The van der Waals surface area contributed by atoms with E-state index in [0.29, 0.717) is 0 Å². The fourth-order valence-electron chi connectivity index (χ4n) is 1.68. The number of hydrogen-bond acceptors (Lipinski definition) is 3. The number of carbonyl (C=O) groups is 1. The molecule has 1 aromatic rings. The van der Waals surface area contributed by atoms with Crippen LogP contribution in [0.25, 0.3) is 0 Å². The predicted molar refractivity (Wildman–Crippen MR) is 85.1 cm³/mol. The molecule has 0 aromatic heterocycles. The van der Waals surface area contributed by atoms with Gasteiger partial charge in [-0.1, -0.05) is 6.92 Å². The van der Waals surface area contributed by atoms with E-state index < -0.39 is 0 Å². The van der Waals surface area contributed by atoms with E-state index in [9.17, 15) is 4.79 Å². The number of amides is 1. The molecule has 0 bridgehead atoms. The highest BCUT2D eigenvalue weighted by Gasteiger charge is 2.09. The molecule has 4 heteroatoms. The number of benzene rings is 1. The first kappa shape index (κ1) is 15.9. The quantitative estimate of drug-likeness (QED) is 0.767. The summed E-state index contributed by atoms with van der Waals surface area (Å²) in [5.41, 5.74) is 1.78. The van der Waals surface area contributed by atoms with Crippen molar-refractivity contribution in [1.82, 2.24) is 5.32 Å². The van der Waals surface area contributed by atoms with Gasteiger partial charge in [-0.25, -0.2) is 0 Å². The zero-order valence-electron chi connectivity index (χ0n) is 12.0. The van der Waals surface area contributed by atoms with Crippen molar-refractivity contribution in [2.75, 3.05) is 23.9 Å². The minimum absolute atomic E-state index is 0.00986. The van der Waals surface area contributed by atoms with Gasteiger partial charge in [-0.05, 0) is 56.0 Å². The SMILES string of the molecule is CCCNc1ccc(C(=O)NC(C)CCSC)cc1. The lowest BCUT2D eigenvalue weighted by Gasteiger charge is -2.13. The van der Waals surface area contributed by atoms with Crippen LogP contribution in [0.15, 0.2) is 24.3 Å². The summed E-state index contributed by atoms with van der Waals surface area (Å²) in [6.45, 7) is 5.13. The highest BCUT2D eigenvalue weighted by Crippen LogP contribution is 2.10. The molecule has 2 N–H and O–H groups in total. The number of thioether (sulfide) groups is 1. The smallest absolute Gasteiger partial charge is 0.251 e. The predicted octanol–water partition coefficient (Wildman–Crippen LogP) is 3.38. The van der Waals surface area contributed by atoms with E-state index in [4.69, 9.17) is 0 Å². The molecule has 3 nitrogen and oxygen atoms in total. The second-order valence-electron chi connectivity index (χ2n) is 4.66. The summed E-state index contributed by atoms with van der Waals surface area (Å²) in [4.78, 5) is 12.0. The summed E-state index contributed by atoms with van der Waals surface area (Å²) in [6, 6.07) is 7.87. The molecule has 1 aromatic carbocycles. The Hall–Kier alpha value is -1.16. The molecule has 0 aliphatic carbocycles. The van der Waals surface area contributed by atoms with Crippen molar-refractivity contribution in [3.05, 3.63) is 29.8 Å². The largest absolute Gasteiger partial charge is 0.385 e. The van der Waals surface area contributed by atoms with E-state index in [0.717, 1.165) is 36.4 Å². The van der Waals surface area contributed by atoms with Gasteiger partial charge in [0.2, 0.25) is 0 Å². The monoisotopic (exact) mass is 280 g/mol. The van der Waals surface area contributed by atoms with Crippen LogP contribution in [0.4, 0.5) is 5.69 Å². The van der Waals surface area contributed by atoms with Gasteiger partial charge in [0.05, 0.1) is 0 Å². The first-order valence-corrected chi connectivity index (χ1v) is 8.20. The second kappa shape index (κ2) is 8.86. The maximum atomic E-state index is 12.0. The normalized spacial score (nSPS) is 11.9. The average Bonchev–Trinajstić information content (AvgIpc) is 2.43. The molecule has 0 saturated carbocycles. The third-order valence-electron chi connectivity index (χ3n) is 2.86. The van der Waals surface area contributed by atoms with Crippen molar-refractivity contribution in [3.63, 3.8) is 0 Å². The summed E-state index contributed by atoms with van der Waals surface area (Å²) in [5.74, 6) is 1.08. The molecule has 1 rings (SSSR count). The molecular formula is C15H24N2OS. The van der Waals surface area contributed by atoms with E-state index in [1.165, 1.54) is 0 Å². The van der Waals surface area contributed by atoms with Crippen LogP contribution in [0, 0.1) is 0 Å². The van der Waals surface area contributed by atoms with Crippen LogP contribution in [0.1, 0.15) is 37.0 Å². The lowest BCUT2D eigenvalue weighted by molar-refractivity contribution is 0.0939. The first-order valence-electron chi connectivity index (χ1n) is 6.81. The molecule has 1 amide bonds. The molecule has 0 heterocycles. The third-order valence-corrected chi connectivity index (χ3v) is 3.50. The van der Waals surface area contributed by atoms with E-state index in [2.05, 4.69) is 23.8 Å². The van der Waals surface area contributed by atoms with Crippen molar-refractivity contribution in [3.8, 4) is 0 Å². The van der Waals surface area contributed by atoms with Gasteiger partial charge in [-0.15, -0.1) is 0 Å². The Kier molecular flexibility index (Phi) is 7.41. The Morgan fingerprint density at radius 3 is 2.58 bits per heavy atom. The Bertz CT molecular complexity index is 378. The molecule has 19 heavy (non-hydrogen) atoms. The van der Waals surface area contributed by atoms with Crippen molar-refractivity contribution < 1.29 is 4.79 Å². The van der Waals surface area contributed by atoms with Crippen LogP contribution >= 0.6 is 11.8 Å². The molecule has 0 saturated heterocycles. The lowest BCUT2D eigenvalue weighted by Crippen LogP contribution is -2.32. The molecular weight excluding hydrogens is 256 g/mol. The summed E-state index contributed by atoms with van der Waals surface area (Å²) in [5, 5.41) is 6.32. The second-order valence-corrected chi connectivity index (χ2v) is 5.65. The van der Waals surface area contributed by atoms with E-state index >= 15 is 0 Å². The number of rotatable bonds is 8. The standard InChI is InChI=1S/C15H24N2OS/c1-4-10-16-14-7-5-13(6-8-14)15(18)17-12(2)9-11-19-3/h5-8,12,16H,4,9-11H2,1-3H3,(H,17,18). The van der Waals surface area contributed by atoms with Crippen LogP contribution in [0.3, 0.4) is 0 Å². The number of carbonyl (C=O) groups excluding carboxylic acids is 1. The highest BCUT2D eigenvalue weighted by molar-refractivity contribution is 7.98. The van der Waals surface area contributed by atoms with E-state index in [-0.39, 0.29) is 11.9 Å². The molecule has 106 valence electrons. The van der Waals surface area contributed by atoms with Gasteiger partial charge in [-0.3, -0.25) is 4.79 Å². The van der Waals surface area contributed by atoms with Gasteiger partial charge in [0.25, 0.3) is 5.91 Å². The Morgan fingerprint density at radius 1 is 1.32 bits per heavy atom. The Labute approximate surface area is 120 Å². The summed E-state index contributed by atoms with van der Waals surface area (Å²) in [7, 11) is 0. The van der Waals surface area contributed by atoms with Crippen molar-refractivity contribution in [2.45, 2.75) is 32.7 Å². The minimum Gasteiger partial charge on any atom is -0.385 e. The fraction of sp³-hybridized carbons (Fsp3) is 0.533. The molecule has 1 unspecified atom stereocenters. The van der Waals surface area contributed by atoms with Gasteiger partial charge >= 0.3 is 0 Å². The van der Waals surface area contributed by atoms with Crippen molar-refractivity contribution >= 4 is 23.4 Å². The Balaban J connectivity index is 2.48. The first-order chi connectivity index (χ1) is 9.17. The highest BCUT2D eigenvalue weighted by atomic mass is 32.2. The van der Waals surface area contributed by atoms with Crippen molar-refractivity contribution in [1.29, 1.82) is 0 Å². The van der Waals surface area contributed by atoms with Gasteiger partial charge < -0.3 is 10.6 Å². The molecule has 0 aliphatic rings. The van der Waals surface area contributed by atoms with E-state index in [1.807, 2.05) is 31.2 Å². The van der Waals surface area contributed by atoms with Gasteiger partial charge in [-0.2, -0.15) is 11.8 Å².